The van der Waals surface area contributed by atoms with Crippen molar-refractivity contribution in [2.24, 2.45) is 0 Å². The Bertz CT molecular complexity index is 1210. The van der Waals surface area contributed by atoms with Gasteiger partial charge in [-0.15, -0.1) is 13.2 Å². The molecule has 35 heavy (non-hydrogen) atoms. The third kappa shape index (κ3) is 5.75. The Hall–Kier alpha value is -2.72. The van der Waals surface area contributed by atoms with E-state index in [-0.39, 0.29) is 17.5 Å². The molecule has 4 rings (SSSR count). The van der Waals surface area contributed by atoms with Crippen LogP contribution in [0, 0.1) is 0 Å². The molecule has 3 aromatic carbocycles. The summed E-state index contributed by atoms with van der Waals surface area (Å²) in [5, 5.41) is 23.2. The third-order valence-electron chi connectivity index (χ3n) is 6.58. The van der Waals surface area contributed by atoms with Gasteiger partial charge >= 0.3 is 0 Å². The van der Waals surface area contributed by atoms with Crippen LogP contribution in [0.4, 0.5) is 0 Å². The first-order valence-corrected chi connectivity index (χ1v) is 12.8. The van der Waals surface area contributed by atoms with E-state index in [1.807, 2.05) is 36.4 Å². The number of allylic oxidation sites excluding steroid dienone is 2. The average Bonchev–Trinajstić information content (AvgIpc) is 2.83. The number of benzene rings is 3. The van der Waals surface area contributed by atoms with Crippen LogP contribution in [-0.2, 0) is 12.8 Å². The number of rotatable bonds is 8. The van der Waals surface area contributed by atoms with Gasteiger partial charge in [0.2, 0.25) is 0 Å². The molecule has 2 N–H and O–H groups in total. The summed E-state index contributed by atoms with van der Waals surface area (Å²) in [6.07, 6.45) is 8.24. The van der Waals surface area contributed by atoms with Crippen molar-refractivity contribution in [3.8, 4) is 22.6 Å². The molecule has 1 heterocycles. The maximum atomic E-state index is 11.7. The number of halogens is 2. The standard InChI is InChI=1S/C30H31Cl2NO2/c1-3-8-20-14-26(21-10-11-28(34)22(16-21)9-4-2)30(35)27(15-20)29(33-12-6-5-7-13-33)23-17-24(31)19-25(32)18-23/h3-4,10-11,14-19,29,34-35H,1-2,5-9,12-13H2. The van der Waals surface area contributed by atoms with Crippen LogP contribution in [0.2, 0.25) is 10.0 Å². The molecule has 1 aliphatic rings. The fourth-order valence-electron chi connectivity index (χ4n) is 5.00. The molecule has 0 aromatic heterocycles. The number of nitrogens with zero attached hydrogens (tertiary/aromatic N) is 1. The van der Waals surface area contributed by atoms with Crippen LogP contribution in [0.1, 0.15) is 47.6 Å². The lowest BCUT2D eigenvalue weighted by molar-refractivity contribution is 0.185. The second kappa shape index (κ2) is 11.3. The topological polar surface area (TPSA) is 43.7 Å². The first-order valence-electron chi connectivity index (χ1n) is 12.0. The lowest BCUT2D eigenvalue weighted by atomic mass is 9.88. The molecule has 1 atom stereocenters. The zero-order valence-electron chi connectivity index (χ0n) is 19.8. The number of likely N-dealkylation sites (tertiary alicyclic amines) is 1. The lowest BCUT2D eigenvalue weighted by Crippen LogP contribution is -2.34. The molecule has 0 amide bonds. The molecule has 5 heteroatoms. The minimum atomic E-state index is -0.195. The van der Waals surface area contributed by atoms with Gasteiger partial charge in [-0.1, -0.05) is 47.8 Å². The summed E-state index contributed by atoms with van der Waals surface area (Å²) in [7, 11) is 0. The van der Waals surface area contributed by atoms with Gasteiger partial charge in [0.1, 0.15) is 11.5 Å². The Morgan fingerprint density at radius 3 is 2.20 bits per heavy atom. The summed E-state index contributed by atoms with van der Waals surface area (Å²) in [6.45, 7) is 9.58. The highest BCUT2D eigenvalue weighted by molar-refractivity contribution is 6.34. The van der Waals surface area contributed by atoms with E-state index in [0.29, 0.717) is 22.9 Å². The molecule has 0 aliphatic carbocycles. The molecule has 0 saturated carbocycles. The lowest BCUT2D eigenvalue weighted by Gasteiger charge is -2.36. The number of piperidine rings is 1. The van der Waals surface area contributed by atoms with Crippen molar-refractivity contribution < 1.29 is 10.2 Å². The first-order chi connectivity index (χ1) is 16.9. The summed E-state index contributed by atoms with van der Waals surface area (Å²) in [5.74, 6) is 0.440. The van der Waals surface area contributed by atoms with Gasteiger partial charge in [-0.25, -0.2) is 0 Å². The van der Waals surface area contributed by atoms with Crippen LogP contribution < -0.4 is 0 Å². The second-order valence-electron chi connectivity index (χ2n) is 9.11. The van der Waals surface area contributed by atoms with E-state index in [1.165, 1.54) is 6.42 Å². The maximum Gasteiger partial charge on any atom is 0.128 e. The summed E-state index contributed by atoms with van der Waals surface area (Å²) in [6, 6.07) is 14.9. The Morgan fingerprint density at radius 1 is 0.857 bits per heavy atom. The highest BCUT2D eigenvalue weighted by Crippen LogP contribution is 2.43. The predicted molar refractivity (Wildman–Crippen MR) is 147 cm³/mol. The van der Waals surface area contributed by atoms with Gasteiger partial charge in [0.05, 0.1) is 6.04 Å². The van der Waals surface area contributed by atoms with Gasteiger partial charge in [-0.3, -0.25) is 4.90 Å². The van der Waals surface area contributed by atoms with Crippen LogP contribution in [-0.4, -0.2) is 28.2 Å². The van der Waals surface area contributed by atoms with E-state index in [0.717, 1.165) is 59.3 Å². The second-order valence-corrected chi connectivity index (χ2v) is 9.99. The SMILES string of the molecule is C=CCc1cc(-c2ccc(O)c(CC=C)c2)c(O)c(C(c2cc(Cl)cc(Cl)c2)N2CCCCC2)c1. The van der Waals surface area contributed by atoms with Crippen LogP contribution in [0.15, 0.2) is 73.8 Å². The summed E-state index contributed by atoms with van der Waals surface area (Å²) in [4.78, 5) is 2.40. The highest BCUT2D eigenvalue weighted by atomic mass is 35.5. The molecule has 182 valence electrons. The average molecular weight is 508 g/mol. The largest absolute Gasteiger partial charge is 0.508 e. The third-order valence-corrected chi connectivity index (χ3v) is 7.02. The van der Waals surface area contributed by atoms with Gasteiger partial charge in [0.15, 0.2) is 0 Å². The van der Waals surface area contributed by atoms with Crippen molar-refractivity contribution in [1.82, 2.24) is 4.90 Å². The molecule has 1 aliphatic heterocycles. The fourth-order valence-corrected chi connectivity index (χ4v) is 5.54. The molecule has 1 fully saturated rings. The van der Waals surface area contributed by atoms with E-state index in [2.05, 4.69) is 24.1 Å². The van der Waals surface area contributed by atoms with E-state index >= 15 is 0 Å². The maximum absolute atomic E-state index is 11.7. The fraction of sp³-hybridized carbons (Fsp3) is 0.267. The molecule has 0 spiro atoms. The molecular weight excluding hydrogens is 477 g/mol. The van der Waals surface area contributed by atoms with E-state index in [1.54, 1.807) is 18.2 Å². The zero-order chi connectivity index (χ0) is 24.9. The minimum absolute atomic E-state index is 0.195. The van der Waals surface area contributed by atoms with Gasteiger partial charge in [-0.2, -0.15) is 0 Å². The molecular formula is C30H31Cl2NO2. The Kier molecular flexibility index (Phi) is 8.22. The molecule has 1 unspecified atom stereocenters. The van der Waals surface area contributed by atoms with E-state index in [9.17, 15) is 10.2 Å². The van der Waals surface area contributed by atoms with Crippen LogP contribution in [0.25, 0.3) is 11.1 Å². The van der Waals surface area contributed by atoms with Crippen molar-refractivity contribution >= 4 is 23.2 Å². The number of hydrogen-bond donors (Lipinski definition) is 2. The van der Waals surface area contributed by atoms with Crippen molar-refractivity contribution in [1.29, 1.82) is 0 Å². The quantitative estimate of drug-likeness (QED) is 0.302. The number of aromatic hydroxyl groups is 2. The van der Waals surface area contributed by atoms with Crippen molar-refractivity contribution in [3.63, 3.8) is 0 Å². The van der Waals surface area contributed by atoms with Gasteiger partial charge < -0.3 is 10.2 Å². The first kappa shape index (κ1) is 25.4. The van der Waals surface area contributed by atoms with Gasteiger partial charge in [0.25, 0.3) is 0 Å². The van der Waals surface area contributed by atoms with Crippen LogP contribution in [0.5, 0.6) is 11.5 Å². The van der Waals surface area contributed by atoms with Crippen molar-refractivity contribution in [3.05, 3.63) is 106 Å². The van der Waals surface area contributed by atoms with Crippen molar-refractivity contribution in [2.45, 2.75) is 38.1 Å². The van der Waals surface area contributed by atoms with E-state index < -0.39 is 0 Å². The zero-order valence-corrected chi connectivity index (χ0v) is 21.3. The highest BCUT2D eigenvalue weighted by Gasteiger charge is 2.28. The van der Waals surface area contributed by atoms with E-state index in [4.69, 9.17) is 23.2 Å². The summed E-state index contributed by atoms with van der Waals surface area (Å²) >= 11 is 12.8. The summed E-state index contributed by atoms with van der Waals surface area (Å²) in [5.41, 5.74) is 5.15. The normalized spacial score (nSPS) is 15.0. The Balaban J connectivity index is 1.93. The van der Waals surface area contributed by atoms with Crippen molar-refractivity contribution in [2.75, 3.05) is 13.1 Å². The number of hydrogen-bond acceptors (Lipinski definition) is 3. The smallest absolute Gasteiger partial charge is 0.128 e. The number of phenolic OH excluding ortho intramolecular Hbond substituents is 2. The molecule has 1 saturated heterocycles. The summed E-state index contributed by atoms with van der Waals surface area (Å²) < 4.78 is 0. The monoisotopic (exact) mass is 507 g/mol. The predicted octanol–water partition coefficient (Wildman–Crippen LogP) is 8.10. The van der Waals surface area contributed by atoms with Gasteiger partial charge in [0, 0.05) is 21.2 Å². The Labute approximate surface area is 217 Å². The van der Waals surface area contributed by atoms with Gasteiger partial charge in [-0.05, 0) is 103 Å². The number of phenols is 2. The molecule has 0 radical (unpaired) electrons. The van der Waals surface area contributed by atoms with Crippen LogP contribution in [0.3, 0.4) is 0 Å². The molecule has 0 bridgehead atoms. The minimum Gasteiger partial charge on any atom is -0.508 e. The van der Waals surface area contributed by atoms with Crippen LogP contribution >= 0.6 is 23.2 Å². The Morgan fingerprint density at radius 2 is 1.54 bits per heavy atom. The molecule has 3 nitrogen and oxygen atoms in total. The molecule has 3 aromatic rings.